The molecular formula is C47H36F6FeN7PRu. The largest absolute Gasteiger partial charge is 2.00 e. The van der Waals surface area contributed by atoms with Crippen LogP contribution in [0.3, 0.4) is 0 Å². The number of aromatic nitrogens is 7. The van der Waals surface area contributed by atoms with Crippen molar-refractivity contribution in [3.05, 3.63) is 188 Å². The Bertz CT molecular complexity index is 2820. The molecule has 0 atom stereocenters. The predicted molar refractivity (Wildman–Crippen MR) is 232 cm³/mol. The minimum atomic E-state index is -10.7. The molecule has 10 rings (SSSR count). The van der Waals surface area contributed by atoms with Crippen molar-refractivity contribution in [1.82, 2.24) is 34.1 Å². The van der Waals surface area contributed by atoms with Crippen LogP contribution in [-0.4, -0.2) is 34.1 Å². The van der Waals surface area contributed by atoms with Gasteiger partial charge in [-0.2, -0.15) is 30.3 Å². The van der Waals surface area contributed by atoms with E-state index in [1.807, 2.05) is 148 Å². The van der Waals surface area contributed by atoms with Gasteiger partial charge in [-0.15, -0.1) is 35.9 Å². The van der Waals surface area contributed by atoms with Crippen molar-refractivity contribution in [2.75, 3.05) is 0 Å². The molecule has 0 bridgehead atoms. The number of nitrogens with zero attached hydrogens (tertiary/aromatic N) is 7. The Kier molecular flexibility index (Phi) is 14.9. The number of para-hydroxylation sites is 4. The summed E-state index contributed by atoms with van der Waals surface area (Å²) in [4.78, 5) is 23.3. The van der Waals surface area contributed by atoms with Gasteiger partial charge in [0.25, 0.3) is 0 Å². The summed E-state index contributed by atoms with van der Waals surface area (Å²) in [6.45, 7) is 0. The van der Waals surface area contributed by atoms with E-state index in [2.05, 4.69) is 61.6 Å². The Morgan fingerprint density at radius 2 is 0.937 bits per heavy atom. The van der Waals surface area contributed by atoms with Crippen molar-refractivity contribution in [3.63, 3.8) is 0 Å². The molecular weight excluding hydrogens is 964 g/mol. The number of imidazole rings is 2. The summed E-state index contributed by atoms with van der Waals surface area (Å²) in [5, 5.41) is 0. The summed E-state index contributed by atoms with van der Waals surface area (Å²) in [6, 6.07) is 60.1. The van der Waals surface area contributed by atoms with Gasteiger partial charge in [-0.05, 0) is 48.5 Å². The van der Waals surface area contributed by atoms with E-state index in [1.54, 1.807) is 12.4 Å². The van der Waals surface area contributed by atoms with Gasteiger partial charge in [-0.1, -0.05) is 71.3 Å². The minimum absolute atomic E-state index is 0. The van der Waals surface area contributed by atoms with Crippen LogP contribution in [0.15, 0.2) is 182 Å². The number of hydrogen-bond donors (Lipinski definition) is 0. The molecule has 0 N–H and O–H groups in total. The van der Waals surface area contributed by atoms with Crippen molar-refractivity contribution in [2.45, 2.75) is 0 Å². The van der Waals surface area contributed by atoms with E-state index in [1.165, 1.54) is 5.56 Å². The average molecular weight is 1000 g/mol. The van der Waals surface area contributed by atoms with Gasteiger partial charge in [0.05, 0.1) is 22.1 Å². The number of benzene rings is 3. The molecule has 0 unspecified atom stereocenters. The van der Waals surface area contributed by atoms with Gasteiger partial charge in [0.2, 0.25) is 0 Å². The van der Waals surface area contributed by atoms with Gasteiger partial charge >= 0.3 is 69.5 Å². The normalized spacial score (nSPS) is 11.8. The maximum atomic E-state index is 9.87. The molecule has 0 radical (unpaired) electrons. The first-order valence-electron chi connectivity index (χ1n) is 18.7. The molecule has 0 aliphatic carbocycles. The second kappa shape index (κ2) is 19.5. The van der Waals surface area contributed by atoms with Crippen molar-refractivity contribution in [3.8, 4) is 56.7 Å². The molecule has 0 saturated heterocycles. The van der Waals surface area contributed by atoms with Crippen LogP contribution in [-0.2, 0) is 50.6 Å². The summed E-state index contributed by atoms with van der Waals surface area (Å²) in [5.74, 6) is 1.71. The van der Waals surface area contributed by atoms with Crippen LogP contribution in [0.25, 0.3) is 78.7 Å². The summed E-state index contributed by atoms with van der Waals surface area (Å²) in [7, 11) is -6.61. The summed E-state index contributed by atoms with van der Waals surface area (Å²) < 4.78 is 63.4. The molecule has 0 spiro atoms. The Hall–Kier alpha value is -6.10. The molecule has 0 fully saturated rings. The van der Waals surface area contributed by atoms with Crippen LogP contribution in [0, 0.1) is 6.07 Å². The molecule has 0 saturated carbocycles. The zero-order valence-electron chi connectivity index (χ0n) is 33.4. The van der Waals surface area contributed by atoms with Crippen LogP contribution < -0.4 is 0 Å². The Morgan fingerprint density at radius 1 is 0.524 bits per heavy atom. The first-order chi connectivity index (χ1) is 29.1. The van der Waals surface area contributed by atoms with E-state index in [0.29, 0.717) is 0 Å². The van der Waals surface area contributed by atoms with E-state index in [0.717, 1.165) is 73.2 Å². The van der Waals surface area contributed by atoms with Gasteiger partial charge in [0, 0.05) is 37.9 Å². The topological polar surface area (TPSA) is 74.3 Å². The standard InChI is InChI=1S/C21H17N5.C21H14N2.C5H5.F6P.Fe.Ru/c1-25-18-12-5-3-8-14(18)23-20(25)16-10-7-11-17(22-16)21-24-15-9-4-6-13-19(15)26(21)2;1-2-8-16(7-1)17-13-18(20-9-3-5-11-22-20)15-19(14-17)21-10-4-6-12-23-21;1-2-4-5-3-1;1-7(2,3,4,5)6;;/h3-13H,1-2H3;1-14H;1-5H;;;/q;-2;2*-1;2*+2. The molecule has 5 heterocycles. The maximum Gasteiger partial charge on any atom is 2.00 e. The minimum Gasteiger partial charge on any atom is -0.295 e. The van der Waals surface area contributed by atoms with Gasteiger partial charge in [0.1, 0.15) is 11.4 Å². The van der Waals surface area contributed by atoms with Crippen molar-refractivity contribution in [1.29, 1.82) is 0 Å². The molecule has 10 aromatic rings. The first kappa shape index (κ1) is 47.9. The number of aryl methyl sites for hydroxylation is 2. The van der Waals surface area contributed by atoms with E-state index in [9.17, 15) is 25.2 Å². The third-order valence-electron chi connectivity index (χ3n) is 9.08. The third kappa shape index (κ3) is 13.4. The fraction of sp³-hybridized carbons (Fsp3) is 0.0426. The second-order valence-electron chi connectivity index (χ2n) is 13.6. The molecule has 16 heteroatoms. The Labute approximate surface area is 382 Å². The van der Waals surface area contributed by atoms with Crippen molar-refractivity contribution in [2.24, 2.45) is 14.1 Å². The fourth-order valence-electron chi connectivity index (χ4n) is 6.38. The SMILES string of the molecule is Cn1c(-c2cccc(-c3nc4ccccc4n3C)n2)nc2ccccc21.F[P-](F)(F)(F)(F)F.[Fe+2].[Ru+2].[c-]1c(-c2ccccn2)cc(-[c-]2cccc2)cc1-c1ccccn1.c1cc[cH-]c1. The average Bonchev–Trinajstić information content (AvgIpc) is 4.11. The van der Waals surface area contributed by atoms with E-state index in [-0.39, 0.29) is 36.5 Å². The van der Waals surface area contributed by atoms with Crippen molar-refractivity contribution < 1.29 is 61.7 Å². The zero-order chi connectivity index (χ0) is 43.1. The molecule has 7 nitrogen and oxygen atoms in total. The number of pyridine rings is 3. The van der Waals surface area contributed by atoms with Crippen LogP contribution >= 0.6 is 7.81 Å². The van der Waals surface area contributed by atoms with Crippen LogP contribution in [0.4, 0.5) is 25.2 Å². The van der Waals surface area contributed by atoms with E-state index in [4.69, 9.17) is 15.0 Å². The third-order valence-corrected chi connectivity index (χ3v) is 9.08. The van der Waals surface area contributed by atoms with Crippen LogP contribution in [0.1, 0.15) is 0 Å². The second-order valence-corrected chi connectivity index (χ2v) is 15.5. The molecule has 0 amide bonds. The maximum absolute atomic E-state index is 10.7. The van der Waals surface area contributed by atoms with Crippen LogP contribution in [0.2, 0.25) is 0 Å². The number of fused-ring (bicyclic) bond motifs is 2. The van der Waals surface area contributed by atoms with Gasteiger partial charge < -0.3 is 9.13 Å². The summed E-state index contributed by atoms with van der Waals surface area (Å²) in [5.41, 5.74) is 11.9. The molecule has 63 heavy (non-hydrogen) atoms. The molecule has 0 aliphatic heterocycles. The molecule has 322 valence electrons. The van der Waals surface area contributed by atoms with E-state index >= 15 is 0 Å². The van der Waals surface area contributed by atoms with Crippen LogP contribution in [0.5, 0.6) is 0 Å². The monoisotopic (exact) mass is 1000 g/mol. The van der Waals surface area contributed by atoms with E-state index < -0.39 is 7.81 Å². The van der Waals surface area contributed by atoms with Gasteiger partial charge in [-0.3, -0.25) is 9.97 Å². The quantitative estimate of drug-likeness (QED) is 0.0743. The number of rotatable bonds is 5. The summed E-state index contributed by atoms with van der Waals surface area (Å²) >= 11 is 0. The first-order valence-corrected chi connectivity index (χ1v) is 20.8. The molecule has 0 aliphatic rings. The molecule has 5 aromatic heterocycles. The zero-order valence-corrected chi connectivity index (χ0v) is 37.1. The molecule has 5 aromatic carbocycles. The van der Waals surface area contributed by atoms with Gasteiger partial charge in [-0.25, -0.2) is 27.1 Å². The van der Waals surface area contributed by atoms with Gasteiger partial charge in [0.15, 0.2) is 11.6 Å². The smallest absolute Gasteiger partial charge is 0.295 e. The van der Waals surface area contributed by atoms with Crippen molar-refractivity contribution >= 4 is 29.9 Å². The Morgan fingerprint density at radius 3 is 1.32 bits per heavy atom. The number of hydrogen-bond acceptors (Lipinski definition) is 5. The number of halogens is 6. The fourth-order valence-corrected chi connectivity index (χ4v) is 6.38. The Balaban J connectivity index is 0.000000185. The predicted octanol–water partition coefficient (Wildman–Crippen LogP) is 14.0. The summed E-state index contributed by atoms with van der Waals surface area (Å²) in [6.07, 6.45) is 3.61.